The molecule has 0 aromatic heterocycles. The summed E-state index contributed by atoms with van der Waals surface area (Å²) in [5, 5.41) is 0. The van der Waals surface area contributed by atoms with Gasteiger partial charge in [-0.2, -0.15) is 0 Å². The Morgan fingerprint density at radius 1 is 1.31 bits per heavy atom. The van der Waals surface area contributed by atoms with Gasteiger partial charge in [0.2, 0.25) is 0 Å². The van der Waals surface area contributed by atoms with Crippen LogP contribution in [0, 0.1) is 0 Å². The first-order valence-electron chi connectivity index (χ1n) is 5.22. The molecule has 0 amide bonds. The number of ether oxygens (including phenoxy) is 1. The third-order valence-electron chi connectivity index (χ3n) is 2.73. The topological polar surface area (TPSA) is 26.3 Å². The van der Waals surface area contributed by atoms with Gasteiger partial charge < -0.3 is 4.74 Å². The molecule has 0 radical (unpaired) electrons. The predicted octanol–water partition coefficient (Wildman–Crippen LogP) is 3.01. The van der Waals surface area contributed by atoms with Gasteiger partial charge in [-0.3, -0.25) is 0 Å². The minimum Gasteiger partial charge on any atom is -0.447 e. The van der Waals surface area contributed by atoms with E-state index in [1.165, 1.54) is 0 Å². The van der Waals surface area contributed by atoms with Crippen molar-refractivity contribution in [1.82, 2.24) is 0 Å². The maximum atomic E-state index is 11.6. The van der Waals surface area contributed by atoms with E-state index < -0.39 is 5.60 Å². The summed E-state index contributed by atoms with van der Waals surface area (Å²) < 4.78 is 5.41. The van der Waals surface area contributed by atoms with Crippen molar-refractivity contribution in [3.63, 3.8) is 0 Å². The summed E-state index contributed by atoms with van der Waals surface area (Å²) in [6, 6.07) is 9.71. The Labute approximate surface area is 99.9 Å². The Kier molecular flexibility index (Phi) is 3.01. The van der Waals surface area contributed by atoms with Gasteiger partial charge in [-0.15, -0.1) is 11.6 Å². The molecule has 0 unspecified atom stereocenters. The maximum Gasteiger partial charge on any atom is 0.335 e. The van der Waals surface area contributed by atoms with Crippen LogP contribution in [-0.4, -0.2) is 11.8 Å². The van der Waals surface area contributed by atoms with E-state index in [4.69, 9.17) is 16.3 Å². The molecule has 0 N–H and O–H groups in total. The van der Waals surface area contributed by atoms with Crippen LogP contribution in [0.3, 0.4) is 0 Å². The van der Waals surface area contributed by atoms with Crippen LogP contribution in [-0.2, 0) is 15.1 Å². The van der Waals surface area contributed by atoms with Crippen LogP contribution < -0.4 is 0 Å². The molecule has 0 bridgehead atoms. The molecule has 1 aliphatic heterocycles. The number of hydrogen-bond acceptors (Lipinski definition) is 2. The second-order valence-corrected chi connectivity index (χ2v) is 4.35. The Bertz CT molecular complexity index is 425. The molecule has 16 heavy (non-hydrogen) atoms. The molecule has 3 heteroatoms. The standard InChI is InChI=1S/C13H13ClO2/c1-13(11-5-3-2-4-6-11)9-10(7-8-14)12(15)16-13/h2-6,9H,7-8H2,1H3/t13-/m1/s1. The molecule has 84 valence electrons. The SMILES string of the molecule is C[C@]1(c2ccccc2)C=C(CCCl)C(=O)O1. The van der Waals surface area contributed by atoms with Gasteiger partial charge in [0.05, 0.1) is 0 Å². The third-order valence-corrected chi connectivity index (χ3v) is 2.92. The third kappa shape index (κ3) is 1.98. The zero-order valence-corrected chi connectivity index (χ0v) is 9.83. The van der Waals surface area contributed by atoms with Crippen LogP contribution in [0.5, 0.6) is 0 Å². The molecular weight excluding hydrogens is 224 g/mol. The molecule has 2 nitrogen and oxygen atoms in total. The quantitative estimate of drug-likeness (QED) is 0.596. The van der Waals surface area contributed by atoms with Gasteiger partial charge in [-0.1, -0.05) is 30.3 Å². The number of rotatable bonds is 3. The lowest BCUT2D eigenvalue weighted by atomic mass is 9.95. The van der Waals surface area contributed by atoms with Crippen molar-refractivity contribution in [2.75, 3.05) is 5.88 Å². The lowest BCUT2D eigenvalue weighted by Gasteiger charge is -2.21. The Balaban J connectivity index is 2.32. The molecule has 0 spiro atoms. The normalized spacial score (nSPS) is 24.1. The van der Waals surface area contributed by atoms with E-state index >= 15 is 0 Å². The van der Waals surface area contributed by atoms with Gasteiger partial charge >= 0.3 is 5.97 Å². The highest BCUT2D eigenvalue weighted by atomic mass is 35.5. The molecule has 1 atom stereocenters. The number of benzene rings is 1. The van der Waals surface area contributed by atoms with Gasteiger partial charge in [0.25, 0.3) is 0 Å². The fourth-order valence-corrected chi connectivity index (χ4v) is 2.07. The van der Waals surface area contributed by atoms with Crippen molar-refractivity contribution >= 4 is 17.6 Å². The second-order valence-electron chi connectivity index (χ2n) is 3.97. The molecule has 1 aliphatic rings. The monoisotopic (exact) mass is 236 g/mol. The van der Waals surface area contributed by atoms with Crippen molar-refractivity contribution in [2.45, 2.75) is 18.9 Å². The first-order chi connectivity index (χ1) is 7.65. The first kappa shape index (κ1) is 11.2. The number of hydrogen-bond donors (Lipinski definition) is 0. The Hall–Kier alpha value is -1.28. The van der Waals surface area contributed by atoms with Crippen molar-refractivity contribution in [1.29, 1.82) is 0 Å². The second kappa shape index (κ2) is 4.30. The Morgan fingerprint density at radius 2 is 2.00 bits per heavy atom. The fraction of sp³-hybridized carbons (Fsp3) is 0.308. The zero-order valence-electron chi connectivity index (χ0n) is 9.07. The molecule has 1 aromatic rings. The summed E-state index contributed by atoms with van der Waals surface area (Å²) in [5.74, 6) is 0.179. The number of cyclic esters (lactones) is 1. The summed E-state index contributed by atoms with van der Waals surface area (Å²) >= 11 is 5.64. The van der Waals surface area contributed by atoms with Gasteiger partial charge in [0.1, 0.15) is 0 Å². The van der Waals surface area contributed by atoms with E-state index in [1.807, 2.05) is 43.3 Å². The summed E-state index contributed by atoms with van der Waals surface area (Å²) in [7, 11) is 0. The van der Waals surface area contributed by atoms with E-state index in [0.717, 1.165) is 5.56 Å². The van der Waals surface area contributed by atoms with Gasteiger partial charge in [-0.25, -0.2) is 4.79 Å². The average molecular weight is 237 g/mol. The predicted molar refractivity (Wildman–Crippen MR) is 63.3 cm³/mol. The van der Waals surface area contributed by atoms with Crippen LogP contribution in [0.1, 0.15) is 18.9 Å². The lowest BCUT2D eigenvalue weighted by molar-refractivity contribution is -0.146. The zero-order chi connectivity index (χ0) is 11.6. The van der Waals surface area contributed by atoms with Crippen LogP contribution in [0.15, 0.2) is 42.0 Å². The summed E-state index contributed by atoms with van der Waals surface area (Å²) in [4.78, 5) is 11.6. The van der Waals surface area contributed by atoms with Crippen molar-refractivity contribution in [2.24, 2.45) is 0 Å². The summed E-state index contributed by atoms with van der Waals surface area (Å²) in [5.41, 5.74) is 1.01. The van der Waals surface area contributed by atoms with Gasteiger partial charge in [-0.05, 0) is 25.0 Å². The summed E-state index contributed by atoms with van der Waals surface area (Å²) in [6.07, 6.45) is 2.43. The first-order valence-corrected chi connectivity index (χ1v) is 5.76. The van der Waals surface area contributed by atoms with E-state index in [9.17, 15) is 4.79 Å². The highest BCUT2D eigenvalue weighted by molar-refractivity contribution is 6.18. The molecule has 1 aromatic carbocycles. The average Bonchev–Trinajstić information content (AvgIpc) is 2.57. The lowest BCUT2D eigenvalue weighted by Crippen LogP contribution is -2.20. The van der Waals surface area contributed by atoms with Crippen LogP contribution in [0.2, 0.25) is 0 Å². The molecule has 0 saturated carbocycles. The number of carbonyl (C=O) groups excluding carboxylic acids is 1. The van der Waals surface area contributed by atoms with E-state index in [0.29, 0.717) is 17.9 Å². The number of carbonyl (C=O) groups is 1. The maximum absolute atomic E-state index is 11.6. The molecule has 1 heterocycles. The number of halogens is 1. The smallest absolute Gasteiger partial charge is 0.335 e. The molecule has 0 aliphatic carbocycles. The minimum absolute atomic E-state index is 0.257. The largest absolute Gasteiger partial charge is 0.447 e. The Morgan fingerprint density at radius 3 is 2.62 bits per heavy atom. The van der Waals surface area contributed by atoms with Crippen molar-refractivity contribution in [3.05, 3.63) is 47.5 Å². The van der Waals surface area contributed by atoms with Crippen LogP contribution >= 0.6 is 11.6 Å². The van der Waals surface area contributed by atoms with Crippen molar-refractivity contribution in [3.8, 4) is 0 Å². The van der Waals surface area contributed by atoms with Gasteiger partial charge in [0.15, 0.2) is 5.60 Å². The van der Waals surface area contributed by atoms with Crippen LogP contribution in [0.25, 0.3) is 0 Å². The summed E-state index contributed by atoms with van der Waals surface area (Å²) in [6.45, 7) is 1.89. The molecule has 0 fully saturated rings. The minimum atomic E-state index is -0.639. The number of alkyl halides is 1. The molecular formula is C13H13ClO2. The van der Waals surface area contributed by atoms with E-state index in [2.05, 4.69) is 0 Å². The highest BCUT2D eigenvalue weighted by Crippen LogP contribution is 2.35. The highest BCUT2D eigenvalue weighted by Gasteiger charge is 2.36. The van der Waals surface area contributed by atoms with Crippen LogP contribution in [0.4, 0.5) is 0 Å². The molecule has 0 saturated heterocycles. The number of esters is 1. The fourth-order valence-electron chi connectivity index (χ4n) is 1.87. The van der Waals surface area contributed by atoms with Crippen molar-refractivity contribution < 1.29 is 9.53 Å². The molecule has 2 rings (SSSR count). The van der Waals surface area contributed by atoms with E-state index in [1.54, 1.807) is 0 Å². The van der Waals surface area contributed by atoms with Gasteiger partial charge in [0, 0.05) is 11.5 Å². The van der Waals surface area contributed by atoms with E-state index in [-0.39, 0.29) is 5.97 Å².